The summed E-state index contributed by atoms with van der Waals surface area (Å²) in [5, 5.41) is 10.2. The number of aromatic nitrogens is 3. The third-order valence-electron chi connectivity index (χ3n) is 2.87. The molecule has 0 aliphatic rings. The minimum Gasteiger partial charge on any atom is -0.305 e. The molecule has 0 atom stereocenters. The molecule has 0 aliphatic heterocycles. The smallest absolute Gasteiger partial charge is 0.274 e. The van der Waals surface area contributed by atoms with Gasteiger partial charge in [0.2, 0.25) is 0 Å². The molecular weight excluding hydrogens is 288 g/mol. The molecule has 0 aliphatic carbocycles. The molecular formula is C15H11ClN4O. The van der Waals surface area contributed by atoms with E-state index >= 15 is 0 Å². The van der Waals surface area contributed by atoms with E-state index in [9.17, 15) is 4.79 Å². The highest BCUT2D eigenvalue weighted by Gasteiger charge is 2.11. The lowest BCUT2D eigenvalue weighted by Crippen LogP contribution is -2.13. The molecule has 6 heteroatoms. The van der Waals surface area contributed by atoms with Crippen molar-refractivity contribution in [2.24, 2.45) is 0 Å². The van der Waals surface area contributed by atoms with Crippen molar-refractivity contribution >= 4 is 23.3 Å². The molecule has 0 bridgehead atoms. The van der Waals surface area contributed by atoms with Crippen LogP contribution in [0.4, 0.5) is 5.82 Å². The van der Waals surface area contributed by atoms with Crippen LogP contribution in [-0.2, 0) is 0 Å². The number of hydrogen-bond acceptors (Lipinski definition) is 3. The largest absolute Gasteiger partial charge is 0.305 e. The van der Waals surface area contributed by atoms with E-state index in [0.717, 1.165) is 5.56 Å². The first-order valence-corrected chi connectivity index (χ1v) is 6.64. The minimum absolute atomic E-state index is 0.290. The Morgan fingerprint density at radius 1 is 1.14 bits per heavy atom. The van der Waals surface area contributed by atoms with Crippen LogP contribution in [0.1, 0.15) is 10.5 Å². The van der Waals surface area contributed by atoms with E-state index in [0.29, 0.717) is 22.2 Å². The number of amides is 1. The van der Waals surface area contributed by atoms with E-state index < -0.39 is 0 Å². The molecule has 2 heterocycles. The lowest BCUT2D eigenvalue weighted by Gasteiger charge is -2.00. The zero-order valence-electron chi connectivity index (χ0n) is 10.9. The Hall–Kier alpha value is -2.66. The van der Waals surface area contributed by atoms with Crippen LogP contribution in [0.3, 0.4) is 0 Å². The summed E-state index contributed by atoms with van der Waals surface area (Å²) < 4.78 is 0. The predicted molar refractivity (Wildman–Crippen MR) is 81.2 cm³/mol. The highest BCUT2D eigenvalue weighted by molar-refractivity contribution is 6.30. The molecule has 104 valence electrons. The van der Waals surface area contributed by atoms with Gasteiger partial charge in [0.1, 0.15) is 11.5 Å². The summed E-state index contributed by atoms with van der Waals surface area (Å²) in [5.74, 6) is 0.201. The average molecular weight is 299 g/mol. The van der Waals surface area contributed by atoms with Crippen LogP contribution in [0.15, 0.2) is 54.7 Å². The van der Waals surface area contributed by atoms with Crippen LogP contribution in [0, 0.1) is 0 Å². The van der Waals surface area contributed by atoms with Crippen molar-refractivity contribution in [1.82, 2.24) is 15.2 Å². The van der Waals surface area contributed by atoms with Crippen LogP contribution < -0.4 is 5.32 Å². The van der Waals surface area contributed by atoms with Gasteiger partial charge in [0.05, 0.1) is 5.69 Å². The summed E-state index contributed by atoms with van der Waals surface area (Å²) in [6.07, 6.45) is 1.61. The summed E-state index contributed by atoms with van der Waals surface area (Å²) in [4.78, 5) is 16.1. The Morgan fingerprint density at radius 3 is 2.67 bits per heavy atom. The van der Waals surface area contributed by atoms with Gasteiger partial charge in [-0.15, -0.1) is 0 Å². The maximum absolute atomic E-state index is 12.1. The molecule has 1 amide bonds. The second kappa shape index (κ2) is 5.76. The molecule has 3 aromatic rings. The highest BCUT2D eigenvalue weighted by atomic mass is 35.5. The van der Waals surface area contributed by atoms with E-state index in [2.05, 4.69) is 20.5 Å². The lowest BCUT2D eigenvalue weighted by molar-refractivity contribution is 0.102. The minimum atomic E-state index is -0.290. The van der Waals surface area contributed by atoms with Crippen molar-refractivity contribution < 1.29 is 4.79 Å². The summed E-state index contributed by atoms with van der Waals surface area (Å²) >= 11 is 5.85. The first-order chi connectivity index (χ1) is 10.2. The molecule has 5 nitrogen and oxygen atoms in total. The number of carbonyl (C=O) groups excluding carboxylic acids is 1. The van der Waals surface area contributed by atoms with Gasteiger partial charge in [-0.2, -0.15) is 5.10 Å². The summed E-state index contributed by atoms with van der Waals surface area (Å²) in [5.41, 5.74) is 1.93. The number of aromatic amines is 1. The summed E-state index contributed by atoms with van der Waals surface area (Å²) in [6.45, 7) is 0. The number of anilines is 1. The fourth-order valence-corrected chi connectivity index (χ4v) is 1.95. The quantitative estimate of drug-likeness (QED) is 0.778. The van der Waals surface area contributed by atoms with Gasteiger partial charge in [0, 0.05) is 16.8 Å². The molecule has 0 fully saturated rings. The van der Waals surface area contributed by atoms with E-state index in [-0.39, 0.29) is 5.91 Å². The van der Waals surface area contributed by atoms with Crippen molar-refractivity contribution in [2.75, 3.05) is 5.32 Å². The Kier molecular flexibility index (Phi) is 3.66. The zero-order valence-corrected chi connectivity index (χ0v) is 11.6. The Labute approximate surface area is 126 Å². The molecule has 0 radical (unpaired) electrons. The topological polar surface area (TPSA) is 70.7 Å². The molecule has 2 N–H and O–H groups in total. The van der Waals surface area contributed by atoms with Crippen molar-refractivity contribution in [1.29, 1.82) is 0 Å². The number of nitrogens with zero attached hydrogens (tertiary/aromatic N) is 2. The van der Waals surface area contributed by atoms with Crippen LogP contribution in [0.25, 0.3) is 11.3 Å². The molecule has 0 unspecified atom stereocenters. The molecule has 0 saturated carbocycles. The fraction of sp³-hybridized carbons (Fsp3) is 0. The van der Waals surface area contributed by atoms with E-state index in [1.807, 2.05) is 12.1 Å². The number of hydrogen-bond donors (Lipinski definition) is 2. The van der Waals surface area contributed by atoms with Gasteiger partial charge in [0.25, 0.3) is 5.91 Å². The van der Waals surface area contributed by atoms with Crippen molar-refractivity contribution in [3.05, 3.63) is 65.4 Å². The normalized spacial score (nSPS) is 10.3. The third-order valence-corrected chi connectivity index (χ3v) is 3.12. The predicted octanol–water partition coefficient (Wildman–Crippen LogP) is 3.38. The first-order valence-electron chi connectivity index (χ1n) is 6.26. The van der Waals surface area contributed by atoms with Crippen molar-refractivity contribution in [3.63, 3.8) is 0 Å². The van der Waals surface area contributed by atoms with E-state index in [4.69, 9.17) is 11.6 Å². The number of H-pyrrole nitrogens is 1. The highest BCUT2D eigenvalue weighted by Crippen LogP contribution is 2.20. The lowest BCUT2D eigenvalue weighted by atomic mass is 10.1. The second-order valence-electron chi connectivity index (χ2n) is 4.34. The number of rotatable bonds is 3. The SMILES string of the molecule is O=C(Nc1ccccn1)c1cc(-c2ccc(Cl)cc2)n[nH]1. The first kappa shape index (κ1) is 13.3. The maximum Gasteiger partial charge on any atom is 0.274 e. The van der Waals surface area contributed by atoms with Gasteiger partial charge < -0.3 is 5.32 Å². The maximum atomic E-state index is 12.1. The molecule has 1 aromatic carbocycles. The van der Waals surface area contributed by atoms with Crippen LogP contribution in [0.2, 0.25) is 5.02 Å². The standard InChI is InChI=1S/C15H11ClN4O/c16-11-6-4-10(5-7-11)12-9-13(20-19-12)15(21)18-14-3-1-2-8-17-14/h1-9H,(H,19,20)(H,17,18,21). The van der Waals surface area contributed by atoms with Gasteiger partial charge in [-0.25, -0.2) is 4.98 Å². The Balaban J connectivity index is 1.78. The monoisotopic (exact) mass is 298 g/mol. The summed E-state index contributed by atoms with van der Waals surface area (Å²) in [7, 11) is 0. The number of benzene rings is 1. The van der Waals surface area contributed by atoms with Crippen molar-refractivity contribution in [2.45, 2.75) is 0 Å². The Morgan fingerprint density at radius 2 is 1.95 bits per heavy atom. The van der Waals surface area contributed by atoms with Gasteiger partial charge in [-0.05, 0) is 30.3 Å². The molecule has 3 rings (SSSR count). The van der Waals surface area contributed by atoms with Gasteiger partial charge in [-0.3, -0.25) is 9.89 Å². The third kappa shape index (κ3) is 3.09. The van der Waals surface area contributed by atoms with E-state index in [1.165, 1.54) is 0 Å². The van der Waals surface area contributed by atoms with Gasteiger partial charge in [0.15, 0.2) is 0 Å². The van der Waals surface area contributed by atoms with Crippen molar-refractivity contribution in [3.8, 4) is 11.3 Å². The number of pyridine rings is 1. The molecule has 21 heavy (non-hydrogen) atoms. The number of carbonyl (C=O) groups is 1. The van der Waals surface area contributed by atoms with Gasteiger partial charge in [-0.1, -0.05) is 29.8 Å². The van der Waals surface area contributed by atoms with Crippen LogP contribution >= 0.6 is 11.6 Å². The molecule has 0 spiro atoms. The fourth-order valence-electron chi connectivity index (χ4n) is 1.83. The van der Waals surface area contributed by atoms with E-state index in [1.54, 1.807) is 42.6 Å². The second-order valence-corrected chi connectivity index (χ2v) is 4.78. The number of nitrogens with one attached hydrogen (secondary N) is 2. The van der Waals surface area contributed by atoms with Gasteiger partial charge >= 0.3 is 0 Å². The molecule has 0 saturated heterocycles. The molecule has 2 aromatic heterocycles. The summed E-state index contributed by atoms with van der Waals surface area (Å²) in [6, 6.07) is 14.2. The Bertz CT molecular complexity index is 753. The zero-order chi connectivity index (χ0) is 14.7. The number of halogens is 1. The van der Waals surface area contributed by atoms with Crippen LogP contribution in [-0.4, -0.2) is 21.1 Å². The van der Waals surface area contributed by atoms with Crippen LogP contribution in [0.5, 0.6) is 0 Å². The average Bonchev–Trinajstić information content (AvgIpc) is 2.99.